The molecule has 1 aliphatic rings. The quantitative estimate of drug-likeness (QED) is 0.800. The highest BCUT2D eigenvalue weighted by atomic mass is 19.1. The van der Waals surface area contributed by atoms with Crippen molar-refractivity contribution in [3.8, 4) is 0 Å². The fourth-order valence-electron chi connectivity index (χ4n) is 2.52. The molecule has 1 saturated heterocycles. The van der Waals surface area contributed by atoms with Crippen LogP contribution in [0.25, 0.3) is 6.08 Å². The van der Waals surface area contributed by atoms with Gasteiger partial charge < -0.3 is 13.9 Å². The summed E-state index contributed by atoms with van der Waals surface area (Å²) >= 11 is 0. The Morgan fingerprint density at radius 1 is 1.17 bits per heavy atom. The standard InChI is InChI=1S/C18H22BFN2O2/c1-17(2)18(3,4)24-19(23-17)15(20)12-16-21-10-11-22(16)13-14-8-6-5-7-9-14/h5-12H,13H2,1-4H3. The summed E-state index contributed by atoms with van der Waals surface area (Å²) in [4.78, 5) is 4.23. The van der Waals surface area contributed by atoms with E-state index in [0.29, 0.717) is 12.4 Å². The van der Waals surface area contributed by atoms with E-state index < -0.39 is 24.0 Å². The highest BCUT2D eigenvalue weighted by molar-refractivity contribution is 6.54. The van der Waals surface area contributed by atoms with E-state index in [1.165, 1.54) is 6.08 Å². The fourth-order valence-corrected chi connectivity index (χ4v) is 2.52. The first-order chi connectivity index (χ1) is 11.3. The lowest BCUT2D eigenvalue weighted by Crippen LogP contribution is -2.41. The molecule has 0 aliphatic carbocycles. The lowest BCUT2D eigenvalue weighted by atomic mass is 9.87. The van der Waals surface area contributed by atoms with E-state index in [9.17, 15) is 4.39 Å². The minimum atomic E-state index is -1.00. The van der Waals surface area contributed by atoms with E-state index in [1.54, 1.807) is 6.20 Å². The molecule has 2 aromatic rings. The monoisotopic (exact) mass is 328 g/mol. The van der Waals surface area contributed by atoms with Crippen molar-refractivity contribution in [1.29, 1.82) is 0 Å². The second-order valence-corrected chi connectivity index (χ2v) is 7.02. The lowest BCUT2D eigenvalue weighted by molar-refractivity contribution is 0.00578. The normalized spacial score (nSPS) is 19.7. The lowest BCUT2D eigenvalue weighted by Gasteiger charge is -2.32. The molecule has 0 radical (unpaired) electrons. The molecule has 3 rings (SSSR count). The van der Waals surface area contributed by atoms with Gasteiger partial charge in [0.05, 0.1) is 11.2 Å². The molecular weight excluding hydrogens is 306 g/mol. The van der Waals surface area contributed by atoms with Crippen molar-refractivity contribution < 1.29 is 13.7 Å². The summed E-state index contributed by atoms with van der Waals surface area (Å²) in [5.74, 6) is 0.533. The van der Waals surface area contributed by atoms with Crippen LogP contribution < -0.4 is 0 Å². The van der Waals surface area contributed by atoms with Gasteiger partial charge >= 0.3 is 7.12 Å². The van der Waals surface area contributed by atoms with Crippen LogP contribution >= 0.6 is 0 Å². The summed E-state index contributed by atoms with van der Waals surface area (Å²) in [6.07, 6.45) is 4.87. The Kier molecular flexibility index (Phi) is 4.36. The van der Waals surface area contributed by atoms with Gasteiger partial charge in [0, 0.05) is 25.0 Å². The first kappa shape index (κ1) is 16.9. The van der Waals surface area contributed by atoms with E-state index in [4.69, 9.17) is 9.31 Å². The molecule has 1 fully saturated rings. The van der Waals surface area contributed by atoms with Gasteiger partial charge in [-0.2, -0.15) is 0 Å². The highest BCUT2D eigenvalue weighted by Crippen LogP contribution is 2.39. The first-order valence-corrected chi connectivity index (χ1v) is 8.06. The van der Waals surface area contributed by atoms with Gasteiger partial charge in [0.1, 0.15) is 11.6 Å². The van der Waals surface area contributed by atoms with Crippen molar-refractivity contribution in [3.05, 3.63) is 59.8 Å². The summed E-state index contributed by atoms with van der Waals surface area (Å²) in [7, 11) is -1.00. The Morgan fingerprint density at radius 2 is 1.79 bits per heavy atom. The molecule has 126 valence electrons. The van der Waals surface area contributed by atoms with Gasteiger partial charge in [-0.25, -0.2) is 9.37 Å². The molecule has 1 aromatic heterocycles. The molecule has 0 amide bonds. The van der Waals surface area contributed by atoms with Crippen molar-refractivity contribution in [2.45, 2.75) is 45.4 Å². The maximum atomic E-state index is 14.6. The summed E-state index contributed by atoms with van der Waals surface area (Å²) in [6, 6.07) is 9.98. The smallest absolute Gasteiger partial charge is 0.398 e. The third-order valence-corrected chi connectivity index (χ3v) is 4.69. The first-order valence-electron chi connectivity index (χ1n) is 8.06. The fraction of sp³-hybridized carbons (Fsp3) is 0.389. The average Bonchev–Trinajstić information content (AvgIpc) is 3.02. The van der Waals surface area contributed by atoms with Crippen molar-refractivity contribution >= 4 is 13.2 Å². The molecule has 1 aliphatic heterocycles. The summed E-state index contributed by atoms with van der Waals surface area (Å²) in [5.41, 5.74) is -0.486. The van der Waals surface area contributed by atoms with Crippen molar-refractivity contribution in [1.82, 2.24) is 9.55 Å². The average molecular weight is 328 g/mol. The molecular formula is C18H22BFN2O2. The number of hydrogen-bond acceptors (Lipinski definition) is 3. The summed E-state index contributed by atoms with van der Waals surface area (Å²) in [5, 5.41) is 0. The Bertz CT molecular complexity index is 724. The van der Waals surface area contributed by atoms with Gasteiger partial charge in [-0.3, -0.25) is 0 Å². The van der Waals surface area contributed by atoms with Crippen LogP contribution in [0.4, 0.5) is 4.39 Å². The number of benzene rings is 1. The molecule has 2 heterocycles. The molecule has 0 bridgehead atoms. The Balaban J connectivity index is 1.79. The maximum absolute atomic E-state index is 14.6. The van der Waals surface area contributed by atoms with Crippen LogP contribution in [-0.4, -0.2) is 27.9 Å². The number of halogens is 1. The number of rotatable bonds is 4. The third-order valence-electron chi connectivity index (χ3n) is 4.69. The minimum absolute atomic E-state index is 0.478. The Labute approximate surface area is 142 Å². The second kappa shape index (κ2) is 6.18. The van der Waals surface area contributed by atoms with E-state index in [-0.39, 0.29) is 0 Å². The number of hydrogen-bond donors (Lipinski definition) is 0. The Morgan fingerprint density at radius 3 is 2.42 bits per heavy atom. The number of nitrogens with zero attached hydrogens (tertiary/aromatic N) is 2. The van der Waals surface area contributed by atoms with Gasteiger partial charge in [-0.1, -0.05) is 30.3 Å². The highest BCUT2D eigenvalue weighted by Gasteiger charge is 2.53. The van der Waals surface area contributed by atoms with Crippen LogP contribution in [0.15, 0.2) is 48.5 Å². The molecule has 6 heteroatoms. The van der Waals surface area contributed by atoms with Crippen LogP contribution in [0.1, 0.15) is 39.1 Å². The van der Waals surface area contributed by atoms with E-state index >= 15 is 0 Å². The number of imidazole rings is 1. The minimum Gasteiger partial charge on any atom is -0.398 e. The predicted molar refractivity (Wildman–Crippen MR) is 92.9 cm³/mol. The van der Waals surface area contributed by atoms with Crippen LogP contribution in [0.2, 0.25) is 0 Å². The molecule has 0 unspecified atom stereocenters. The molecule has 24 heavy (non-hydrogen) atoms. The molecule has 4 nitrogen and oxygen atoms in total. The zero-order chi connectivity index (χ0) is 17.4. The van der Waals surface area contributed by atoms with Crippen LogP contribution in [0.3, 0.4) is 0 Å². The van der Waals surface area contributed by atoms with Gasteiger partial charge in [0.15, 0.2) is 0 Å². The molecule has 0 saturated carbocycles. The molecule has 1 aromatic carbocycles. The largest absolute Gasteiger partial charge is 0.525 e. The number of aromatic nitrogens is 2. The topological polar surface area (TPSA) is 36.3 Å². The Hall–Kier alpha value is -1.92. The SMILES string of the molecule is CC1(C)OB(C(F)=Cc2nccn2Cc2ccccc2)OC1(C)C. The van der Waals surface area contributed by atoms with Crippen molar-refractivity contribution in [3.63, 3.8) is 0 Å². The van der Waals surface area contributed by atoms with Gasteiger partial charge in [0.25, 0.3) is 0 Å². The second-order valence-electron chi connectivity index (χ2n) is 7.02. The van der Waals surface area contributed by atoms with Crippen LogP contribution in [-0.2, 0) is 15.9 Å². The van der Waals surface area contributed by atoms with Crippen molar-refractivity contribution in [2.75, 3.05) is 0 Å². The molecule has 0 N–H and O–H groups in total. The van der Waals surface area contributed by atoms with Crippen LogP contribution in [0, 0.1) is 0 Å². The van der Waals surface area contributed by atoms with Gasteiger partial charge in [-0.05, 0) is 33.3 Å². The van der Waals surface area contributed by atoms with Gasteiger partial charge in [0.2, 0.25) is 0 Å². The predicted octanol–water partition coefficient (Wildman–Crippen LogP) is 3.87. The van der Waals surface area contributed by atoms with Gasteiger partial charge in [-0.15, -0.1) is 0 Å². The zero-order valence-electron chi connectivity index (χ0n) is 14.5. The van der Waals surface area contributed by atoms with E-state index in [0.717, 1.165) is 5.56 Å². The third kappa shape index (κ3) is 3.30. The summed E-state index contributed by atoms with van der Waals surface area (Å²) < 4.78 is 28.0. The summed E-state index contributed by atoms with van der Waals surface area (Å²) in [6.45, 7) is 8.23. The zero-order valence-corrected chi connectivity index (χ0v) is 14.5. The van der Waals surface area contributed by atoms with Crippen molar-refractivity contribution in [2.24, 2.45) is 0 Å². The molecule has 0 atom stereocenters. The van der Waals surface area contributed by atoms with Crippen LogP contribution in [0.5, 0.6) is 0 Å². The maximum Gasteiger partial charge on any atom is 0.525 e. The van der Waals surface area contributed by atoms with E-state index in [1.807, 2.05) is 68.8 Å². The molecule has 0 spiro atoms. The van der Waals surface area contributed by atoms with E-state index in [2.05, 4.69) is 4.98 Å².